The second-order valence-electron chi connectivity index (χ2n) is 4.48. The molecule has 0 unspecified atom stereocenters. The monoisotopic (exact) mass is 285 g/mol. The van der Waals surface area contributed by atoms with Gasteiger partial charge in [-0.15, -0.1) is 0 Å². The Morgan fingerprint density at radius 1 is 1.29 bits per heavy atom. The molecule has 2 rings (SSSR count). The first-order chi connectivity index (χ1) is 10.2. The predicted molar refractivity (Wildman–Crippen MR) is 80.0 cm³/mol. The van der Waals surface area contributed by atoms with E-state index in [1.54, 1.807) is 13.1 Å². The van der Waals surface area contributed by atoms with E-state index in [0.717, 1.165) is 24.2 Å². The SMILES string of the molecule is CCCc1c(NC)ncnc1Nc1ccc(F)c(C#N)c1. The number of rotatable bonds is 5. The highest BCUT2D eigenvalue weighted by Gasteiger charge is 2.11. The largest absolute Gasteiger partial charge is 0.373 e. The van der Waals surface area contributed by atoms with Crippen LogP contribution in [0.4, 0.5) is 21.7 Å². The van der Waals surface area contributed by atoms with Crippen LogP contribution in [0.1, 0.15) is 24.5 Å². The normalized spacial score (nSPS) is 10.0. The van der Waals surface area contributed by atoms with Gasteiger partial charge in [-0.25, -0.2) is 14.4 Å². The molecule has 108 valence electrons. The van der Waals surface area contributed by atoms with E-state index in [4.69, 9.17) is 5.26 Å². The van der Waals surface area contributed by atoms with Crippen LogP contribution in [0.2, 0.25) is 0 Å². The van der Waals surface area contributed by atoms with Gasteiger partial charge in [-0.1, -0.05) is 13.3 Å². The Hall–Kier alpha value is -2.68. The Bertz CT molecular complexity index is 678. The lowest BCUT2D eigenvalue weighted by Crippen LogP contribution is -2.05. The maximum Gasteiger partial charge on any atom is 0.141 e. The summed E-state index contributed by atoms with van der Waals surface area (Å²) in [6.07, 6.45) is 3.22. The summed E-state index contributed by atoms with van der Waals surface area (Å²) in [5.41, 5.74) is 1.58. The highest BCUT2D eigenvalue weighted by atomic mass is 19.1. The van der Waals surface area contributed by atoms with Crippen molar-refractivity contribution in [3.05, 3.63) is 41.5 Å². The van der Waals surface area contributed by atoms with Crippen LogP contribution in [0.15, 0.2) is 24.5 Å². The topological polar surface area (TPSA) is 73.6 Å². The van der Waals surface area contributed by atoms with Gasteiger partial charge in [0.15, 0.2) is 0 Å². The van der Waals surface area contributed by atoms with Crippen molar-refractivity contribution in [1.82, 2.24) is 9.97 Å². The molecule has 0 radical (unpaired) electrons. The van der Waals surface area contributed by atoms with E-state index in [0.29, 0.717) is 11.5 Å². The third-order valence-corrected chi connectivity index (χ3v) is 3.03. The van der Waals surface area contributed by atoms with Gasteiger partial charge in [0.1, 0.15) is 29.8 Å². The third kappa shape index (κ3) is 3.26. The van der Waals surface area contributed by atoms with Crippen molar-refractivity contribution in [3.8, 4) is 6.07 Å². The lowest BCUT2D eigenvalue weighted by atomic mass is 10.1. The Kier molecular flexibility index (Phi) is 4.67. The molecule has 0 aliphatic carbocycles. The van der Waals surface area contributed by atoms with E-state index in [2.05, 4.69) is 27.5 Å². The molecule has 5 nitrogen and oxygen atoms in total. The van der Waals surface area contributed by atoms with Crippen LogP contribution in [0.3, 0.4) is 0 Å². The molecule has 0 fully saturated rings. The summed E-state index contributed by atoms with van der Waals surface area (Å²) in [7, 11) is 1.80. The quantitative estimate of drug-likeness (QED) is 0.882. The molecule has 0 saturated heterocycles. The average molecular weight is 285 g/mol. The van der Waals surface area contributed by atoms with Crippen molar-refractivity contribution < 1.29 is 4.39 Å². The van der Waals surface area contributed by atoms with Gasteiger partial charge in [0.2, 0.25) is 0 Å². The van der Waals surface area contributed by atoms with Gasteiger partial charge in [0, 0.05) is 18.3 Å². The third-order valence-electron chi connectivity index (χ3n) is 3.03. The van der Waals surface area contributed by atoms with Crippen LogP contribution in [-0.4, -0.2) is 17.0 Å². The standard InChI is InChI=1S/C15H16FN5/c1-3-4-12-14(18-2)19-9-20-15(12)21-11-5-6-13(16)10(7-11)8-17/h5-7,9H,3-4H2,1-2H3,(H2,18,19,20,21). The van der Waals surface area contributed by atoms with Gasteiger partial charge in [0.25, 0.3) is 0 Å². The summed E-state index contributed by atoms with van der Waals surface area (Å²) in [6.45, 7) is 2.07. The molecule has 1 aromatic carbocycles. The molecule has 0 bridgehead atoms. The fourth-order valence-corrected chi connectivity index (χ4v) is 2.05. The number of halogens is 1. The summed E-state index contributed by atoms with van der Waals surface area (Å²) in [5, 5.41) is 15.0. The summed E-state index contributed by atoms with van der Waals surface area (Å²) >= 11 is 0. The first-order valence-electron chi connectivity index (χ1n) is 6.67. The lowest BCUT2D eigenvalue weighted by Gasteiger charge is -2.13. The molecule has 0 atom stereocenters. The minimum Gasteiger partial charge on any atom is -0.373 e. The summed E-state index contributed by atoms with van der Waals surface area (Å²) < 4.78 is 13.3. The van der Waals surface area contributed by atoms with E-state index in [-0.39, 0.29) is 5.56 Å². The van der Waals surface area contributed by atoms with E-state index in [1.165, 1.54) is 18.5 Å². The number of nitrogens with zero attached hydrogens (tertiary/aromatic N) is 3. The van der Waals surface area contributed by atoms with E-state index >= 15 is 0 Å². The Balaban J connectivity index is 2.37. The molecule has 1 aromatic heterocycles. The minimum atomic E-state index is -0.532. The fraction of sp³-hybridized carbons (Fsp3) is 0.267. The van der Waals surface area contributed by atoms with Crippen LogP contribution >= 0.6 is 0 Å². The highest BCUT2D eigenvalue weighted by molar-refractivity contribution is 5.65. The summed E-state index contributed by atoms with van der Waals surface area (Å²) in [4.78, 5) is 8.43. The average Bonchev–Trinajstić information content (AvgIpc) is 2.51. The Morgan fingerprint density at radius 2 is 2.05 bits per heavy atom. The number of hydrogen-bond donors (Lipinski definition) is 2. The molecule has 0 amide bonds. The van der Waals surface area contributed by atoms with E-state index in [9.17, 15) is 4.39 Å². The number of nitrogens with one attached hydrogen (secondary N) is 2. The van der Waals surface area contributed by atoms with Crippen LogP contribution < -0.4 is 10.6 Å². The Labute approximate surface area is 122 Å². The van der Waals surface area contributed by atoms with Crippen molar-refractivity contribution in [2.75, 3.05) is 17.7 Å². The van der Waals surface area contributed by atoms with Gasteiger partial charge in [0.05, 0.1) is 5.56 Å². The van der Waals surface area contributed by atoms with Crippen molar-refractivity contribution >= 4 is 17.3 Å². The number of hydrogen-bond acceptors (Lipinski definition) is 5. The van der Waals surface area contributed by atoms with Crippen LogP contribution in [-0.2, 0) is 6.42 Å². The van der Waals surface area contributed by atoms with E-state index < -0.39 is 5.82 Å². The minimum absolute atomic E-state index is 0.0000577. The number of anilines is 3. The summed E-state index contributed by atoms with van der Waals surface area (Å²) in [6, 6.07) is 6.13. The zero-order valence-electron chi connectivity index (χ0n) is 11.9. The van der Waals surface area contributed by atoms with Crippen LogP contribution in [0, 0.1) is 17.1 Å². The molecule has 0 aliphatic heterocycles. The predicted octanol–water partition coefficient (Wildman–Crippen LogP) is 3.23. The molecule has 1 heterocycles. The first kappa shape index (κ1) is 14.7. The fourth-order valence-electron chi connectivity index (χ4n) is 2.05. The molecule has 2 N–H and O–H groups in total. The van der Waals surface area contributed by atoms with Crippen molar-refractivity contribution in [3.63, 3.8) is 0 Å². The molecule has 2 aromatic rings. The summed E-state index contributed by atoms with van der Waals surface area (Å²) in [5.74, 6) is 0.888. The second-order valence-corrected chi connectivity index (χ2v) is 4.48. The van der Waals surface area contributed by atoms with Crippen molar-refractivity contribution in [2.24, 2.45) is 0 Å². The lowest BCUT2D eigenvalue weighted by molar-refractivity contribution is 0.624. The van der Waals surface area contributed by atoms with E-state index in [1.807, 2.05) is 6.07 Å². The molecular weight excluding hydrogens is 269 g/mol. The molecule has 6 heteroatoms. The maximum absolute atomic E-state index is 13.3. The highest BCUT2D eigenvalue weighted by Crippen LogP contribution is 2.25. The van der Waals surface area contributed by atoms with Crippen molar-refractivity contribution in [1.29, 1.82) is 5.26 Å². The van der Waals surface area contributed by atoms with Gasteiger partial charge >= 0.3 is 0 Å². The van der Waals surface area contributed by atoms with Crippen LogP contribution in [0.25, 0.3) is 0 Å². The second kappa shape index (κ2) is 6.66. The first-order valence-corrected chi connectivity index (χ1v) is 6.67. The molecule has 0 spiro atoms. The molecule has 0 aliphatic rings. The van der Waals surface area contributed by atoms with Gasteiger partial charge < -0.3 is 10.6 Å². The Morgan fingerprint density at radius 3 is 2.71 bits per heavy atom. The molecule has 21 heavy (non-hydrogen) atoms. The zero-order chi connectivity index (χ0) is 15.2. The van der Waals surface area contributed by atoms with Gasteiger partial charge in [-0.2, -0.15) is 5.26 Å². The van der Waals surface area contributed by atoms with Gasteiger partial charge in [-0.05, 0) is 24.6 Å². The maximum atomic E-state index is 13.3. The van der Waals surface area contributed by atoms with Gasteiger partial charge in [-0.3, -0.25) is 0 Å². The number of nitriles is 1. The van der Waals surface area contributed by atoms with Crippen molar-refractivity contribution in [2.45, 2.75) is 19.8 Å². The smallest absolute Gasteiger partial charge is 0.141 e. The van der Waals surface area contributed by atoms with Crippen LogP contribution in [0.5, 0.6) is 0 Å². The molecule has 0 saturated carbocycles. The number of aromatic nitrogens is 2. The number of benzene rings is 1. The molecular formula is C15H16FN5. The zero-order valence-corrected chi connectivity index (χ0v) is 11.9.